The molecule has 1 unspecified atom stereocenters. The topological polar surface area (TPSA) is 26.3 Å². The zero-order valence-corrected chi connectivity index (χ0v) is 9.11. The second-order valence-corrected chi connectivity index (χ2v) is 4.38. The summed E-state index contributed by atoms with van der Waals surface area (Å²) in [6, 6.07) is 8.16. The molecule has 2 aliphatic rings. The van der Waals surface area contributed by atoms with E-state index in [1.165, 1.54) is 11.1 Å². The Morgan fingerprint density at radius 1 is 1.31 bits per heavy atom. The van der Waals surface area contributed by atoms with Crippen LogP contribution in [0.4, 0.5) is 0 Å². The molecule has 3 rings (SSSR count). The van der Waals surface area contributed by atoms with Gasteiger partial charge in [0.25, 0.3) is 0 Å². The van der Waals surface area contributed by atoms with Crippen LogP contribution in [-0.4, -0.2) is 12.4 Å². The molecule has 2 nitrogen and oxygen atoms in total. The van der Waals surface area contributed by atoms with Crippen LogP contribution >= 0.6 is 0 Å². The molecule has 1 heterocycles. The summed E-state index contributed by atoms with van der Waals surface area (Å²) in [5.74, 6) is 0.796. The van der Waals surface area contributed by atoms with E-state index in [4.69, 9.17) is 4.74 Å². The van der Waals surface area contributed by atoms with Gasteiger partial charge in [-0.05, 0) is 36.5 Å². The average Bonchev–Trinajstić information content (AvgIpc) is 2.32. The maximum atomic E-state index is 12.1. The molecular weight excluding hydrogens is 200 g/mol. The second-order valence-electron chi connectivity index (χ2n) is 4.38. The number of allylic oxidation sites excluding steroid dienone is 2. The lowest BCUT2D eigenvalue weighted by atomic mass is 9.74. The van der Waals surface area contributed by atoms with Crippen molar-refractivity contribution >= 4 is 5.78 Å². The average molecular weight is 214 g/mol. The summed E-state index contributed by atoms with van der Waals surface area (Å²) in [4.78, 5) is 12.1. The number of carbonyl (C=O) groups excluding carboxylic acids is 1. The van der Waals surface area contributed by atoms with E-state index in [-0.39, 0.29) is 11.7 Å². The zero-order chi connectivity index (χ0) is 11.0. The summed E-state index contributed by atoms with van der Waals surface area (Å²) in [7, 11) is 0. The van der Waals surface area contributed by atoms with Crippen molar-refractivity contribution in [1.29, 1.82) is 0 Å². The lowest BCUT2D eigenvalue weighted by Gasteiger charge is -2.29. The first kappa shape index (κ1) is 9.64. The number of hydrogen-bond acceptors (Lipinski definition) is 2. The number of carbonyl (C=O) groups is 1. The van der Waals surface area contributed by atoms with Gasteiger partial charge in [-0.3, -0.25) is 4.79 Å². The van der Waals surface area contributed by atoms with Gasteiger partial charge in [-0.1, -0.05) is 24.3 Å². The fraction of sp³-hybridized carbons (Fsp3) is 0.357. The molecule has 2 heteroatoms. The van der Waals surface area contributed by atoms with E-state index >= 15 is 0 Å². The molecule has 0 N–H and O–H groups in total. The molecule has 0 radical (unpaired) electrons. The number of benzene rings is 1. The van der Waals surface area contributed by atoms with Gasteiger partial charge in [-0.15, -0.1) is 0 Å². The van der Waals surface area contributed by atoms with E-state index in [2.05, 4.69) is 6.07 Å². The van der Waals surface area contributed by atoms with Gasteiger partial charge in [-0.2, -0.15) is 0 Å². The first-order chi connectivity index (χ1) is 7.86. The number of fused-ring (bicyclic) bond motifs is 1. The Kier molecular flexibility index (Phi) is 2.28. The molecule has 16 heavy (non-hydrogen) atoms. The summed E-state index contributed by atoms with van der Waals surface area (Å²) >= 11 is 0. The molecule has 1 aromatic rings. The van der Waals surface area contributed by atoms with Crippen LogP contribution in [0.1, 0.15) is 29.9 Å². The molecule has 1 aliphatic heterocycles. The molecule has 1 aromatic carbocycles. The van der Waals surface area contributed by atoms with Gasteiger partial charge in [0.05, 0.1) is 12.5 Å². The molecule has 0 amide bonds. The zero-order valence-electron chi connectivity index (χ0n) is 9.11. The summed E-state index contributed by atoms with van der Waals surface area (Å²) in [6.07, 6.45) is 4.80. The fourth-order valence-corrected chi connectivity index (χ4v) is 2.39. The van der Waals surface area contributed by atoms with Gasteiger partial charge in [0.2, 0.25) is 5.78 Å². The summed E-state index contributed by atoms with van der Waals surface area (Å²) in [5, 5.41) is 0. The van der Waals surface area contributed by atoms with E-state index in [9.17, 15) is 4.79 Å². The monoisotopic (exact) mass is 214 g/mol. The Bertz CT molecular complexity index is 460. The van der Waals surface area contributed by atoms with Crippen molar-refractivity contribution in [3.05, 3.63) is 47.2 Å². The highest BCUT2D eigenvalue weighted by atomic mass is 16.5. The third-order valence-electron chi connectivity index (χ3n) is 3.35. The highest BCUT2D eigenvalue weighted by molar-refractivity contribution is 6.00. The molecule has 0 saturated carbocycles. The smallest absolute Gasteiger partial charge is 0.204 e. The second kappa shape index (κ2) is 3.78. The molecule has 82 valence electrons. The molecule has 0 bridgehead atoms. The number of rotatable bonds is 2. The van der Waals surface area contributed by atoms with E-state index < -0.39 is 0 Å². The van der Waals surface area contributed by atoms with E-state index in [1.54, 1.807) is 0 Å². The molecule has 1 aliphatic carbocycles. The molecule has 0 saturated heterocycles. The first-order valence-electron chi connectivity index (χ1n) is 5.81. The Hall–Kier alpha value is -1.57. The van der Waals surface area contributed by atoms with E-state index in [0.29, 0.717) is 12.4 Å². The first-order valence-corrected chi connectivity index (χ1v) is 5.81. The quantitative estimate of drug-likeness (QED) is 0.756. The van der Waals surface area contributed by atoms with E-state index in [0.717, 1.165) is 19.3 Å². The van der Waals surface area contributed by atoms with Crippen molar-refractivity contribution in [2.24, 2.45) is 0 Å². The number of Topliss-reactive ketones (excluding diaryl/α,β-unsaturated/α-hetero) is 1. The van der Waals surface area contributed by atoms with Crippen molar-refractivity contribution in [2.75, 3.05) is 6.61 Å². The standard InChI is InChI=1S/C14H14O2/c15-14(13-7-3-4-8-16-13)12-9-10-5-1-2-6-11(10)12/h1-2,5-7,12H,3-4,8-9H2. The molecule has 1 atom stereocenters. The predicted octanol–water partition coefficient (Wildman–Crippen LogP) is 2.59. The maximum absolute atomic E-state index is 12.1. The lowest BCUT2D eigenvalue weighted by molar-refractivity contribution is -0.121. The molecule has 0 spiro atoms. The summed E-state index contributed by atoms with van der Waals surface area (Å²) in [5.41, 5.74) is 2.49. The molecule has 0 fully saturated rings. The van der Waals surface area contributed by atoms with Gasteiger partial charge < -0.3 is 4.74 Å². The van der Waals surface area contributed by atoms with Gasteiger partial charge in [0.1, 0.15) is 0 Å². The van der Waals surface area contributed by atoms with Crippen LogP contribution in [0.2, 0.25) is 0 Å². The highest BCUT2D eigenvalue weighted by Crippen LogP contribution is 2.37. The maximum Gasteiger partial charge on any atom is 0.204 e. The fourth-order valence-electron chi connectivity index (χ4n) is 2.39. The predicted molar refractivity (Wildman–Crippen MR) is 61.2 cm³/mol. The van der Waals surface area contributed by atoms with Crippen LogP contribution < -0.4 is 0 Å². The normalized spacial score (nSPS) is 22.5. The number of ether oxygens (including phenoxy) is 1. The van der Waals surface area contributed by atoms with Gasteiger partial charge in [0.15, 0.2) is 5.76 Å². The Balaban J connectivity index is 1.81. The van der Waals surface area contributed by atoms with Crippen molar-refractivity contribution in [3.8, 4) is 0 Å². The van der Waals surface area contributed by atoms with Crippen LogP contribution in [0, 0.1) is 0 Å². The number of ketones is 1. The van der Waals surface area contributed by atoms with Crippen molar-refractivity contribution in [2.45, 2.75) is 25.2 Å². The molecular formula is C14H14O2. The Morgan fingerprint density at radius 2 is 2.19 bits per heavy atom. The minimum Gasteiger partial charge on any atom is -0.490 e. The Morgan fingerprint density at radius 3 is 2.94 bits per heavy atom. The van der Waals surface area contributed by atoms with Crippen LogP contribution in [0.5, 0.6) is 0 Å². The van der Waals surface area contributed by atoms with Crippen LogP contribution in [0.25, 0.3) is 0 Å². The third kappa shape index (κ3) is 1.45. The van der Waals surface area contributed by atoms with E-state index in [1.807, 2.05) is 24.3 Å². The highest BCUT2D eigenvalue weighted by Gasteiger charge is 2.34. The minimum absolute atomic E-state index is 0.0422. The largest absolute Gasteiger partial charge is 0.490 e. The van der Waals surface area contributed by atoms with Crippen molar-refractivity contribution in [1.82, 2.24) is 0 Å². The van der Waals surface area contributed by atoms with Crippen molar-refractivity contribution in [3.63, 3.8) is 0 Å². The van der Waals surface area contributed by atoms with Crippen LogP contribution in [0.15, 0.2) is 36.1 Å². The summed E-state index contributed by atoms with van der Waals surface area (Å²) < 4.78 is 5.42. The summed E-state index contributed by atoms with van der Waals surface area (Å²) in [6.45, 7) is 0.686. The van der Waals surface area contributed by atoms with Crippen LogP contribution in [0.3, 0.4) is 0 Å². The SMILES string of the molecule is O=C(C1=CCCCO1)C1Cc2ccccc21. The van der Waals surface area contributed by atoms with Crippen LogP contribution in [-0.2, 0) is 16.0 Å². The minimum atomic E-state index is 0.0422. The Labute approximate surface area is 94.9 Å². The van der Waals surface area contributed by atoms with Gasteiger partial charge in [-0.25, -0.2) is 0 Å². The van der Waals surface area contributed by atoms with Crippen molar-refractivity contribution < 1.29 is 9.53 Å². The van der Waals surface area contributed by atoms with Gasteiger partial charge in [0, 0.05) is 0 Å². The van der Waals surface area contributed by atoms with Gasteiger partial charge >= 0.3 is 0 Å². The third-order valence-corrected chi connectivity index (χ3v) is 3.35. The molecule has 0 aromatic heterocycles. The lowest BCUT2D eigenvalue weighted by Crippen LogP contribution is -2.27. The number of hydrogen-bond donors (Lipinski definition) is 0.